The lowest BCUT2D eigenvalue weighted by atomic mass is 10.0. The average Bonchev–Trinajstić information content (AvgIpc) is 2.88. The van der Waals surface area contributed by atoms with Crippen LogP contribution >= 0.6 is 23.2 Å². The summed E-state index contributed by atoms with van der Waals surface area (Å²) in [6, 6.07) is 11.5. The van der Waals surface area contributed by atoms with Crippen LogP contribution in [0.4, 0.5) is 0 Å². The van der Waals surface area contributed by atoms with Crippen LogP contribution in [0.2, 0.25) is 10.0 Å². The number of carbonyl (C=O) groups is 2. The maximum Gasteiger partial charge on any atom is 0.339 e. The van der Waals surface area contributed by atoms with E-state index in [0.717, 1.165) is 19.3 Å². The number of benzene rings is 2. The highest BCUT2D eigenvalue weighted by Crippen LogP contribution is 2.22. The Labute approximate surface area is 226 Å². The van der Waals surface area contributed by atoms with Crippen molar-refractivity contribution < 1.29 is 19.1 Å². The lowest BCUT2D eigenvalue weighted by molar-refractivity contribution is 0.0436. The van der Waals surface area contributed by atoms with Gasteiger partial charge in [-0.25, -0.2) is 9.59 Å². The molecule has 0 fully saturated rings. The number of hydrogen-bond acceptors (Lipinski definition) is 4. The van der Waals surface area contributed by atoms with Gasteiger partial charge in [0.15, 0.2) is 0 Å². The van der Waals surface area contributed by atoms with Crippen LogP contribution in [0.15, 0.2) is 42.5 Å². The Morgan fingerprint density at radius 3 is 1.69 bits per heavy atom. The van der Waals surface area contributed by atoms with Gasteiger partial charge in [-0.1, -0.05) is 125 Å². The van der Waals surface area contributed by atoms with Crippen LogP contribution in [-0.2, 0) is 16.1 Å². The summed E-state index contributed by atoms with van der Waals surface area (Å²) in [7, 11) is 0. The first-order valence-electron chi connectivity index (χ1n) is 13.4. The molecule has 36 heavy (non-hydrogen) atoms. The predicted molar refractivity (Wildman–Crippen MR) is 148 cm³/mol. The minimum absolute atomic E-state index is 0.0167. The summed E-state index contributed by atoms with van der Waals surface area (Å²) in [5.74, 6) is -1.11. The third-order valence-electron chi connectivity index (χ3n) is 6.22. The van der Waals surface area contributed by atoms with E-state index in [1.807, 2.05) is 0 Å². The van der Waals surface area contributed by atoms with E-state index in [1.54, 1.807) is 42.5 Å². The number of esters is 2. The fourth-order valence-electron chi connectivity index (χ4n) is 4.06. The van der Waals surface area contributed by atoms with Crippen LogP contribution in [0.3, 0.4) is 0 Å². The number of halogens is 2. The quantitative estimate of drug-likeness (QED) is 0.141. The molecule has 6 heteroatoms. The van der Waals surface area contributed by atoms with Crippen LogP contribution in [0.25, 0.3) is 0 Å². The molecule has 0 N–H and O–H groups in total. The first-order chi connectivity index (χ1) is 17.5. The average molecular weight is 536 g/mol. The van der Waals surface area contributed by atoms with Crippen LogP contribution < -0.4 is 0 Å². The second-order valence-corrected chi connectivity index (χ2v) is 10.1. The zero-order valence-electron chi connectivity index (χ0n) is 21.5. The molecule has 0 aliphatic rings. The predicted octanol–water partition coefficient (Wildman–Crippen LogP) is 9.60. The molecule has 0 bridgehead atoms. The SMILES string of the molecule is CCCCCCCCCCCCCCCOC(=O)c1ccccc1C(=O)OCc1ccc(Cl)cc1Cl. The van der Waals surface area contributed by atoms with Crippen LogP contribution in [0, 0.1) is 0 Å². The third kappa shape index (κ3) is 11.8. The molecule has 0 aromatic heterocycles. The summed E-state index contributed by atoms with van der Waals surface area (Å²) in [4.78, 5) is 25.2. The molecule has 2 aromatic rings. The molecule has 0 spiro atoms. The highest BCUT2D eigenvalue weighted by Gasteiger charge is 2.19. The Hall–Kier alpha value is -2.04. The first-order valence-corrected chi connectivity index (χ1v) is 14.2. The molecule has 0 aliphatic heterocycles. The number of hydrogen-bond donors (Lipinski definition) is 0. The van der Waals surface area contributed by atoms with Crippen molar-refractivity contribution in [1.29, 1.82) is 0 Å². The van der Waals surface area contributed by atoms with Crippen LogP contribution in [0.5, 0.6) is 0 Å². The molecule has 0 unspecified atom stereocenters. The minimum atomic E-state index is -0.602. The summed E-state index contributed by atoms with van der Waals surface area (Å²) in [5.41, 5.74) is 1.02. The maximum atomic E-state index is 12.6. The molecule has 2 aromatic carbocycles. The Morgan fingerprint density at radius 1 is 0.667 bits per heavy atom. The van der Waals surface area contributed by atoms with E-state index in [4.69, 9.17) is 32.7 Å². The van der Waals surface area contributed by atoms with Gasteiger partial charge in [-0.05, 0) is 30.7 Å². The van der Waals surface area contributed by atoms with E-state index in [0.29, 0.717) is 22.2 Å². The summed E-state index contributed by atoms with van der Waals surface area (Å²) in [5, 5.41) is 0.924. The molecule has 0 atom stereocenters. The van der Waals surface area contributed by atoms with Gasteiger partial charge in [-0.3, -0.25) is 0 Å². The second-order valence-electron chi connectivity index (χ2n) is 9.24. The Kier molecular flexibility index (Phi) is 15.3. The zero-order valence-corrected chi connectivity index (χ0v) is 23.0. The van der Waals surface area contributed by atoms with E-state index < -0.39 is 11.9 Å². The largest absolute Gasteiger partial charge is 0.462 e. The lowest BCUT2D eigenvalue weighted by Crippen LogP contribution is -2.14. The Bertz CT molecular complexity index is 929. The molecule has 0 radical (unpaired) electrons. The molecule has 198 valence electrons. The first kappa shape index (κ1) is 30.2. The van der Waals surface area contributed by atoms with Gasteiger partial charge in [0, 0.05) is 15.6 Å². The molecule has 0 saturated heterocycles. The van der Waals surface area contributed by atoms with Crippen molar-refractivity contribution in [3.05, 3.63) is 69.2 Å². The monoisotopic (exact) mass is 534 g/mol. The molecular formula is C30H40Cl2O4. The number of rotatable bonds is 18. The molecule has 0 aliphatic carbocycles. The maximum absolute atomic E-state index is 12.6. The summed E-state index contributed by atoms with van der Waals surface area (Å²) >= 11 is 12.0. The van der Waals surface area contributed by atoms with Crippen molar-refractivity contribution >= 4 is 35.1 Å². The fourth-order valence-corrected chi connectivity index (χ4v) is 4.52. The number of ether oxygens (including phenoxy) is 2. The van der Waals surface area contributed by atoms with Crippen LogP contribution in [0.1, 0.15) is 117 Å². The number of unbranched alkanes of at least 4 members (excludes halogenated alkanes) is 12. The smallest absolute Gasteiger partial charge is 0.339 e. The molecule has 0 amide bonds. The van der Waals surface area contributed by atoms with E-state index in [1.165, 1.54) is 64.2 Å². The van der Waals surface area contributed by atoms with Crippen molar-refractivity contribution in [3.63, 3.8) is 0 Å². The van der Waals surface area contributed by atoms with E-state index in [-0.39, 0.29) is 17.7 Å². The van der Waals surface area contributed by atoms with E-state index in [9.17, 15) is 9.59 Å². The minimum Gasteiger partial charge on any atom is -0.462 e. The van der Waals surface area contributed by atoms with Crippen molar-refractivity contribution in [3.8, 4) is 0 Å². The van der Waals surface area contributed by atoms with Crippen molar-refractivity contribution in [2.75, 3.05) is 6.61 Å². The van der Waals surface area contributed by atoms with Gasteiger partial charge in [0.1, 0.15) is 6.61 Å². The Balaban J connectivity index is 1.62. The van der Waals surface area contributed by atoms with Gasteiger partial charge < -0.3 is 9.47 Å². The van der Waals surface area contributed by atoms with Gasteiger partial charge in [0.05, 0.1) is 17.7 Å². The molecule has 4 nitrogen and oxygen atoms in total. The normalized spacial score (nSPS) is 10.9. The lowest BCUT2D eigenvalue weighted by Gasteiger charge is -2.11. The number of carbonyl (C=O) groups excluding carboxylic acids is 2. The van der Waals surface area contributed by atoms with Crippen LogP contribution in [-0.4, -0.2) is 18.5 Å². The van der Waals surface area contributed by atoms with Crippen molar-refractivity contribution in [1.82, 2.24) is 0 Å². The summed E-state index contributed by atoms with van der Waals surface area (Å²) in [6.07, 6.45) is 16.4. The third-order valence-corrected chi connectivity index (χ3v) is 6.81. The summed E-state index contributed by atoms with van der Waals surface area (Å²) < 4.78 is 10.8. The van der Waals surface area contributed by atoms with Gasteiger partial charge >= 0.3 is 11.9 Å². The second kappa shape index (κ2) is 18.2. The molecular weight excluding hydrogens is 495 g/mol. The zero-order chi connectivity index (χ0) is 26.0. The van der Waals surface area contributed by atoms with E-state index >= 15 is 0 Å². The highest BCUT2D eigenvalue weighted by atomic mass is 35.5. The molecule has 0 heterocycles. The Morgan fingerprint density at radius 2 is 1.17 bits per heavy atom. The molecule has 2 rings (SSSR count). The van der Waals surface area contributed by atoms with Gasteiger partial charge in [-0.2, -0.15) is 0 Å². The summed E-state index contributed by atoms with van der Waals surface area (Å²) in [6.45, 7) is 2.59. The van der Waals surface area contributed by atoms with Gasteiger partial charge in [0.25, 0.3) is 0 Å². The molecule has 0 saturated carbocycles. The van der Waals surface area contributed by atoms with Crippen molar-refractivity contribution in [2.45, 2.75) is 97.0 Å². The van der Waals surface area contributed by atoms with Gasteiger partial charge in [0.2, 0.25) is 0 Å². The highest BCUT2D eigenvalue weighted by molar-refractivity contribution is 6.35. The van der Waals surface area contributed by atoms with E-state index in [2.05, 4.69) is 6.92 Å². The standard InChI is InChI=1S/C30H40Cl2O4/c1-2-3-4-5-6-7-8-9-10-11-12-13-16-21-35-29(33)26-17-14-15-18-27(26)30(34)36-23-24-19-20-25(31)22-28(24)32/h14-15,17-20,22H,2-13,16,21,23H2,1H3. The van der Waals surface area contributed by atoms with Gasteiger partial charge in [-0.15, -0.1) is 0 Å². The van der Waals surface area contributed by atoms with Crippen molar-refractivity contribution in [2.24, 2.45) is 0 Å². The fraction of sp³-hybridized carbons (Fsp3) is 0.533. The topological polar surface area (TPSA) is 52.6 Å².